The Balaban J connectivity index is 1.48. The van der Waals surface area contributed by atoms with Gasteiger partial charge in [-0.3, -0.25) is 9.52 Å². The summed E-state index contributed by atoms with van der Waals surface area (Å²) in [7, 11) is -6.38. The Morgan fingerprint density at radius 2 is 1.84 bits per heavy atom. The second-order valence-electron chi connectivity index (χ2n) is 9.18. The van der Waals surface area contributed by atoms with E-state index in [1.807, 2.05) is 35.9 Å². The van der Waals surface area contributed by atoms with Crippen molar-refractivity contribution >= 4 is 37.0 Å². The normalized spacial score (nSPS) is 17.8. The van der Waals surface area contributed by atoms with Crippen molar-refractivity contribution in [3.05, 3.63) is 89.2 Å². The van der Waals surface area contributed by atoms with E-state index in [4.69, 9.17) is 4.74 Å². The number of hydrogen-bond donors (Lipinski definition) is 3. The van der Waals surface area contributed by atoms with Crippen LogP contribution in [0.4, 0.5) is 0 Å². The second kappa shape index (κ2) is 9.86. The first kappa shape index (κ1) is 25.9. The molecule has 1 saturated heterocycles. The number of imidazole rings is 1. The molecule has 0 bridgehead atoms. The van der Waals surface area contributed by atoms with E-state index in [9.17, 15) is 21.6 Å². The number of carbonyl (C=O) groups is 1. The Morgan fingerprint density at radius 1 is 1.11 bits per heavy atom. The number of H-pyrrole nitrogens is 1. The number of nitrogens with zero attached hydrogens (tertiary/aromatic N) is 1. The molecule has 198 valence electrons. The van der Waals surface area contributed by atoms with Crippen molar-refractivity contribution < 1.29 is 26.4 Å². The lowest BCUT2D eigenvalue weighted by atomic mass is 10.0. The zero-order valence-corrected chi connectivity index (χ0v) is 22.3. The first-order valence-electron chi connectivity index (χ1n) is 11.8. The van der Waals surface area contributed by atoms with Gasteiger partial charge in [-0.2, -0.15) is 0 Å². The van der Waals surface area contributed by atoms with E-state index in [-0.39, 0.29) is 23.5 Å². The minimum Gasteiger partial charge on any atom is -0.495 e. The fourth-order valence-electron chi connectivity index (χ4n) is 4.53. The lowest BCUT2D eigenvalue weighted by molar-refractivity contribution is -0.118. The smallest absolute Gasteiger partial charge is 0.244 e. The summed E-state index contributed by atoms with van der Waals surface area (Å²) in [5.41, 5.74) is 3.54. The van der Waals surface area contributed by atoms with Crippen molar-refractivity contribution in [2.24, 2.45) is 0 Å². The Hall–Kier alpha value is -3.74. The van der Waals surface area contributed by atoms with Crippen molar-refractivity contribution in [3.8, 4) is 5.75 Å². The maximum absolute atomic E-state index is 13.5. The van der Waals surface area contributed by atoms with Crippen LogP contribution in [-0.4, -0.2) is 39.8 Å². The number of aromatic nitrogens is 2. The molecule has 1 aliphatic heterocycles. The van der Waals surface area contributed by atoms with Gasteiger partial charge in [0.1, 0.15) is 21.7 Å². The van der Waals surface area contributed by atoms with Gasteiger partial charge in [0.25, 0.3) is 0 Å². The van der Waals surface area contributed by atoms with Crippen LogP contribution in [-0.2, 0) is 31.3 Å². The summed E-state index contributed by atoms with van der Waals surface area (Å²) in [6, 6.07) is 18.2. The molecule has 0 radical (unpaired) electrons. The molecule has 4 aromatic rings. The van der Waals surface area contributed by atoms with Gasteiger partial charge in [-0.25, -0.2) is 26.5 Å². The van der Waals surface area contributed by atoms with Crippen molar-refractivity contribution in [2.45, 2.75) is 36.0 Å². The van der Waals surface area contributed by atoms with E-state index in [0.717, 1.165) is 16.6 Å². The highest BCUT2D eigenvalue weighted by molar-refractivity contribution is 7.90. The second-order valence-corrected chi connectivity index (χ2v) is 12.7. The first-order chi connectivity index (χ1) is 18.1. The maximum atomic E-state index is 13.5. The van der Waals surface area contributed by atoms with E-state index in [0.29, 0.717) is 16.9 Å². The SMILES string of the molecule is COc1cc(C)ccc1S(=O)(=O)N[C@@H](Cc1ccc(C2CC(=O)NS2(=O)=O)cc1)c1nc2ccccc2[nH]1. The number of nitrogens with one attached hydrogen (secondary N) is 3. The van der Waals surface area contributed by atoms with E-state index >= 15 is 0 Å². The number of amides is 1. The zero-order valence-electron chi connectivity index (χ0n) is 20.6. The molecule has 10 nitrogen and oxygen atoms in total. The largest absolute Gasteiger partial charge is 0.495 e. The van der Waals surface area contributed by atoms with Crippen LogP contribution in [0.5, 0.6) is 5.75 Å². The molecule has 3 aromatic carbocycles. The lowest BCUT2D eigenvalue weighted by Crippen LogP contribution is -2.31. The Labute approximate surface area is 220 Å². The average molecular weight is 555 g/mol. The number of benzene rings is 3. The number of para-hydroxylation sites is 2. The molecule has 1 aromatic heterocycles. The average Bonchev–Trinajstić information content (AvgIpc) is 3.43. The van der Waals surface area contributed by atoms with Gasteiger partial charge in [0.2, 0.25) is 26.0 Å². The van der Waals surface area contributed by atoms with Gasteiger partial charge in [0.05, 0.1) is 30.6 Å². The molecule has 12 heteroatoms. The highest BCUT2D eigenvalue weighted by Crippen LogP contribution is 2.31. The number of carbonyl (C=O) groups excluding carboxylic acids is 1. The number of methoxy groups -OCH3 is 1. The van der Waals surface area contributed by atoms with Crippen molar-refractivity contribution in [1.29, 1.82) is 0 Å². The van der Waals surface area contributed by atoms with Crippen LogP contribution in [0.15, 0.2) is 71.6 Å². The van der Waals surface area contributed by atoms with Gasteiger partial charge in [-0.05, 0) is 54.3 Å². The monoisotopic (exact) mass is 554 g/mol. The van der Waals surface area contributed by atoms with Gasteiger partial charge in [0.15, 0.2) is 0 Å². The van der Waals surface area contributed by atoms with Crippen LogP contribution in [0.3, 0.4) is 0 Å². The molecule has 5 rings (SSSR count). The van der Waals surface area contributed by atoms with Gasteiger partial charge < -0.3 is 9.72 Å². The molecule has 2 atom stereocenters. The highest BCUT2D eigenvalue weighted by Gasteiger charge is 2.37. The van der Waals surface area contributed by atoms with Gasteiger partial charge in [0, 0.05) is 0 Å². The van der Waals surface area contributed by atoms with E-state index in [2.05, 4.69) is 14.7 Å². The van der Waals surface area contributed by atoms with E-state index < -0.39 is 37.2 Å². The Kier molecular flexibility index (Phi) is 6.72. The molecule has 38 heavy (non-hydrogen) atoms. The molecule has 0 spiro atoms. The van der Waals surface area contributed by atoms with Crippen LogP contribution < -0.4 is 14.2 Å². The molecule has 3 N–H and O–H groups in total. The first-order valence-corrected chi connectivity index (χ1v) is 14.8. The summed E-state index contributed by atoms with van der Waals surface area (Å²) in [4.78, 5) is 19.4. The number of fused-ring (bicyclic) bond motifs is 1. The topological polar surface area (TPSA) is 147 Å². The number of aromatic amines is 1. The predicted molar refractivity (Wildman–Crippen MR) is 141 cm³/mol. The quantitative estimate of drug-likeness (QED) is 0.303. The Morgan fingerprint density at radius 3 is 2.50 bits per heavy atom. The lowest BCUT2D eigenvalue weighted by Gasteiger charge is -2.19. The van der Waals surface area contributed by atoms with Gasteiger partial charge in [-0.15, -0.1) is 0 Å². The van der Waals surface area contributed by atoms with Crippen molar-refractivity contribution in [3.63, 3.8) is 0 Å². The summed E-state index contributed by atoms with van der Waals surface area (Å²) in [5, 5.41) is -0.956. The van der Waals surface area contributed by atoms with Crippen molar-refractivity contribution in [1.82, 2.24) is 19.4 Å². The molecule has 1 amide bonds. The maximum Gasteiger partial charge on any atom is 0.244 e. The van der Waals surface area contributed by atoms with Crippen LogP contribution >= 0.6 is 0 Å². The number of hydrogen-bond acceptors (Lipinski definition) is 7. The van der Waals surface area contributed by atoms with E-state index in [1.54, 1.807) is 36.4 Å². The molecule has 1 unspecified atom stereocenters. The minimum absolute atomic E-state index is 0.00525. The molecule has 1 aliphatic rings. The molecule has 0 aliphatic carbocycles. The zero-order chi connectivity index (χ0) is 27.1. The van der Waals surface area contributed by atoms with Crippen LogP contribution in [0, 0.1) is 6.92 Å². The molecular formula is C26H26N4O6S2. The third kappa shape index (κ3) is 5.15. The number of ether oxygens (including phenoxy) is 1. The summed E-state index contributed by atoms with van der Waals surface area (Å²) >= 11 is 0. The van der Waals surface area contributed by atoms with Crippen LogP contribution in [0.25, 0.3) is 11.0 Å². The molecule has 2 heterocycles. The molecule has 1 fully saturated rings. The standard InChI is InChI=1S/C26H26N4O6S2/c1-16-7-12-23(22(13-16)36-2)37(32,33)29-21(26-27-19-5-3-4-6-20(19)28-26)14-17-8-10-18(11-9-17)24-15-25(31)30-38(24,34)35/h3-13,21,24,29H,14-15H2,1-2H3,(H,27,28)(H,30,31)/t21-,24?/m0/s1. The summed E-state index contributed by atoms with van der Waals surface area (Å²) < 4.78 is 61.6. The number of rotatable bonds is 8. The summed E-state index contributed by atoms with van der Waals surface area (Å²) in [6.45, 7) is 1.84. The molecular weight excluding hydrogens is 528 g/mol. The van der Waals surface area contributed by atoms with Crippen LogP contribution in [0.1, 0.15) is 40.2 Å². The summed E-state index contributed by atoms with van der Waals surface area (Å²) in [5.74, 6) is 0.120. The number of aryl methyl sites for hydroxylation is 1. The van der Waals surface area contributed by atoms with Crippen LogP contribution in [0.2, 0.25) is 0 Å². The third-order valence-electron chi connectivity index (χ3n) is 6.44. The van der Waals surface area contributed by atoms with Crippen molar-refractivity contribution in [2.75, 3.05) is 7.11 Å². The summed E-state index contributed by atoms with van der Waals surface area (Å²) in [6.07, 6.45) is 0.0869. The van der Waals surface area contributed by atoms with E-state index in [1.165, 1.54) is 13.2 Å². The highest BCUT2D eigenvalue weighted by atomic mass is 32.2. The third-order valence-corrected chi connectivity index (χ3v) is 9.65. The molecule has 0 saturated carbocycles. The fraction of sp³-hybridized carbons (Fsp3) is 0.231. The predicted octanol–water partition coefficient (Wildman–Crippen LogP) is 3.03. The van der Waals surface area contributed by atoms with Gasteiger partial charge in [-0.1, -0.05) is 42.5 Å². The minimum atomic E-state index is -4.03. The number of sulfonamides is 2. The fourth-order valence-corrected chi connectivity index (χ4v) is 7.31. The Bertz CT molecular complexity index is 1700. The van der Waals surface area contributed by atoms with Gasteiger partial charge >= 0.3 is 0 Å².